The Labute approximate surface area is 164 Å². The summed E-state index contributed by atoms with van der Waals surface area (Å²) in [5.41, 5.74) is 5.31. The number of hydrogen-bond acceptors (Lipinski definition) is 2. The zero-order valence-electron chi connectivity index (χ0n) is 17.7. The van der Waals surface area contributed by atoms with Gasteiger partial charge in [-0.1, -0.05) is 38.1 Å². The summed E-state index contributed by atoms with van der Waals surface area (Å²) in [6, 6.07) is 16.9. The average Bonchev–Trinajstić information content (AvgIpc) is 2.66. The third-order valence-electron chi connectivity index (χ3n) is 4.74. The highest BCUT2D eigenvalue weighted by atomic mass is 16.5. The van der Waals surface area contributed by atoms with Gasteiger partial charge in [-0.3, -0.25) is 0 Å². The van der Waals surface area contributed by atoms with Gasteiger partial charge in [0, 0.05) is 0 Å². The minimum absolute atomic E-state index is 0.728. The molecule has 0 saturated heterocycles. The Morgan fingerprint density at radius 1 is 0.741 bits per heavy atom. The van der Waals surface area contributed by atoms with Gasteiger partial charge < -0.3 is 14.0 Å². The maximum atomic E-state index is 5.90. The fraction of sp³-hybridized carbons (Fsp3) is 0.417. The van der Waals surface area contributed by atoms with E-state index in [1.807, 2.05) is 12.1 Å². The van der Waals surface area contributed by atoms with Crippen molar-refractivity contribution in [3.05, 3.63) is 59.7 Å². The molecule has 0 spiro atoms. The average molecular weight is 369 g/mol. The predicted octanol–water partition coefficient (Wildman–Crippen LogP) is 5.51. The van der Waals surface area contributed by atoms with Gasteiger partial charge in [0.1, 0.15) is 24.7 Å². The molecule has 0 radical (unpaired) electrons. The molecule has 0 unspecified atom stereocenters. The standard InChI is InChI=1S/C24H34NO2/c1-7-23(19-9-13-21(26-6)14-10-19)24(8-2)20-11-15-22(16-12-20)27-18-17-25(3,4)5/h9-16H,7-8,17-18H2,1-6H3/q+1/b24-23-. The molecule has 2 aromatic rings. The predicted molar refractivity (Wildman–Crippen MR) is 115 cm³/mol. The lowest BCUT2D eigenvalue weighted by Crippen LogP contribution is -2.38. The first-order valence-electron chi connectivity index (χ1n) is 9.78. The Kier molecular flexibility index (Phi) is 7.49. The summed E-state index contributed by atoms with van der Waals surface area (Å²) in [5.74, 6) is 1.83. The molecule has 0 N–H and O–H groups in total. The van der Waals surface area contributed by atoms with Crippen LogP contribution in [0, 0.1) is 0 Å². The van der Waals surface area contributed by atoms with Crippen molar-refractivity contribution in [1.82, 2.24) is 0 Å². The number of rotatable bonds is 9. The lowest BCUT2D eigenvalue weighted by molar-refractivity contribution is -0.870. The molecule has 0 aliphatic heterocycles. The summed E-state index contributed by atoms with van der Waals surface area (Å²) in [5, 5.41) is 0. The third kappa shape index (κ3) is 6.14. The Morgan fingerprint density at radius 3 is 1.56 bits per heavy atom. The van der Waals surface area contributed by atoms with Crippen LogP contribution in [0.4, 0.5) is 0 Å². The summed E-state index contributed by atoms with van der Waals surface area (Å²) in [6.07, 6.45) is 1.99. The van der Waals surface area contributed by atoms with E-state index in [-0.39, 0.29) is 0 Å². The van der Waals surface area contributed by atoms with E-state index in [2.05, 4.69) is 71.4 Å². The van der Waals surface area contributed by atoms with E-state index in [4.69, 9.17) is 9.47 Å². The molecule has 146 valence electrons. The van der Waals surface area contributed by atoms with E-state index >= 15 is 0 Å². The van der Waals surface area contributed by atoms with E-state index in [9.17, 15) is 0 Å². The normalized spacial score (nSPS) is 12.5. The van der Waals surface area contributed by atoms with Gasteiger partial charge in [0.2, 0.25) is 0 Å². The first-order valence-corrected chi connectivity index (χ1v) is 9.78. The van der Waals surface area contributed by atoms with Gasteiger partial charge in [0.25, 0.3) is 0 Å². The van der Waals surface area contributed by atoms with Crippen molar-refractivity contribution in [3.63, 3.8) is 0 Å². The van der Waals surface area contributed by atoms with Crippen LogP contribution in [0.1, 0.15) is 37.8 Å². The van der Waals surface area contributed by atoms with E-state index in [1.165, 1.54) is 22.3 Å². The van der Waals surface area contributed by atoms with Crippen molar-refractivity contribution in [1.29, 1.82) is 0 Å². The van der Waals surface area contributed by atoms with Gasteiger partial charge in [0.05, 0.1) is 28.3 Å². The number of hydrogen-bond donors (Lipinski definition) is 0. The third-order valence-corrected chi connectivity index (χ3v) is 4.74. The quantitative estimate of drug-likeness (QED) is 0.429. The smallest absolute Gasteiger partial charge is 0.137 e. The summed E-state index contributed by atoms with van der Waals surface area (Å²) in [4.78, 5) is 0. The van der Waals surface area contributed by atoms with E-state index in [0.29, 0.717) is 0 Å². The van der Waals surface area contributed by atoms with E-state index < -0.39 is 0 Å². The molecule has 0 saturated carbocycles. The maximum absolute atomic E-state index is 5.90. The van der Waals surface area contributed by atoms with Crippen molar-refractivity contribution in [2.24, 2.45) is 0 Å². The SMILES string of the molecule is CC/C(=C(\CC)c1ccc(OCC[N+](C)(C)C)cc1)c1ccc(OC)cc1. The van der Waals surface area contributed by atoms with Crippen LogP contribution in [0.15, 0.2) is 48.5 Å². The van der Waals surface area contributed by atoms with Gasteiger partial charge in [-0.05, 0) is 59.4 Å². The zero-order chi connectivity index (χ0) is 19.9. The maximum Gasteiger partial charge on any atom is 0.137 e. The number of likely N-dealkylation sites (N-methyl/N-ethyl adjacent to an activating group) is 1. The van der Waals surface area contributed by atoms with E-state index in [0.717, 1.165) is 42.0 Å². The second-order valence-corrected chi connectivity index (χ2v) is 7.78. The molecular formula is C24H34NO2+. The largest absolute Gasteiger partial charge is 0.497 e. The molecule has 0 bridgehead atoms. The number of quaternary nitrogens is 1. The lowest BCUT2D eigenvalue weighted by atomic mass is 9.91. The molecule has 3 nitrogen and oxygen atoms in total. The molecule has 0 fully saturated rings. The number of allylic oxidation sites excluding steroid dienone is 2. The van der Waals surface area contributed by atoms with Crippen LogP contribution in [-0.2, 0) is 0 Å². The molecule has 0 heterocycles. The van der Waals surface area contributed by atoms with Crippen molar-refractivity contribution < 1.29 is 14.0 Å². The topological polar surface area (TPSA) is 18.5 Å². The number of benzene rings is 2. The fourth-order valence-corrected chi connectivity index (χ4v) is 3.17. The molecule has 0 amide bonds. The Balaban J connectivity index is 2.22. The molecule has 27 heavy (non-hydrogen) atoms. The highest BCUT2D eigenvalue weighted by molar-refractivity contribution is 5.90. The molecule has 3 heteroatoms. The van der Waals surface area contributed by atoms with Crippen LogP contribution in [0.25, 0.3) is 11.1 Å². The summed E-state index contributed by atoms with van der Waals surface area (Å²) >= 11 is 0. The fourth-order valence-electron chi connectivity index (χ4n) is 3.17. The van der Waals surface area contributed by atoms with E-state index in [1.54, 1.807) is 7.11 Å². The van der Waals surface area contributed by atoms with Gasteiger partial charge in [-0.15, -0.1) is 0 Å². The molecule has 0 atom stereocenters. The minimum Gasteiger partial charge on any atom is -0.497 e. The first-order chi connectivity index (χ1) is 12.9. The Morgan fingerprint density at radius 2 is 1.19 bits per heavy atom. The summed E-state index contributed by atoms with van der Waals surface area (Å²) < 4.78 is 12.1. The molecular weight excluding hydrogens is 334 g/mol. The molecule has 2 aromatic carbocycles. The lowest BCUT2D eigenvalue weighted by Gasteiger charge is -2.23. The van der Waals surface area contributed by atoms with Gasteiger partial charge in [0.15, 0.2) is 0 Å². The van der Waals surface area contributed by atoms with Crippen molar-refractivity contribution >= 4 is 11.1 Å². The zero-order valence-corrected chi connectivity index (χ0v) is 17.7. The second-order valence-electron chi connectivity index (χ2n) is 7.78. The van der Waals surface area contributed by atoms with Crippen LogP contribution >= 0.6 is 0 Å². The monoisotopic (exact) mass is 368 g/mol. The van der Waals surface area contributed by atoms with Gasteiger partial charge in [-0.25, -0.2) is 0 Å². The van der Waals surface area contributed by atoms with Crippen molar-refractivity contribution in [3.8, 4) is 11.5 Å². The summed E-state index contributed by atoms with van der Waals surface area (Å²) in [6.45, 7) is 6.16. The number of methoxy groups -OCH3 is 1. The molecule has 0 aliphatic carbocycles. The van der Waals surface area contributed by atoms with Crippen LogP contribution in [0.3, 0.4) is 0 Å². The number of nitrogens with zero attached hydrogens (tertiary/aromatic N) is 1. The highest BCUT2D eigenvalue weighted by Gasteiger charge is 2.10. The van der Waals surface area contributed by atoms with Crippen LogP contribution in [0.5, 0.6) is 11.5 Å². The highest BCUT2D eigenvalue weighted by Crippen LogP contribution is 2.32. The van der Waals surface area contributed by atoms with Gasteiger partial charge >= 0.3 is 0 Å². The number of ether oxygens (including phenoxy) is 2. The minimum atomic E-state index is 0.728. The molecule has 0 aromatic heterocycles. The van der Waals surface area contributed by atoms with Crippen LogP contribution < -0.4 is 9.47 Å². The molecule has 0 aliphatic rings. The first kappa shape index (κ1) is 21.0. The van der Waals surface area contributed by atoms with Crippen LogP contribution in [0.2, 0.25) is 0 Å². The van der Waals surface area contributed by atoms with Gasteiger partial charge in [-0.2, -0.15) is 0 Å². The van der Waals surface area contributed by atoms with Crippen molar-refractivity contribution in [2.75, 3.05) is 41.4 Å². The molecule has 2 rings (SSSR count). The van der Waals surface area contributed by atoms with Crippen LogP contribution in [-0.4, -0.2) is 45.9 Å². The Hall–Kier alpha value is -2.26. The summed E-state index contributed by atoms with van der Waals surface area (Å²) in [7, 11) is 8.23. The Bertz CT molecular complexity index is 737. The second kappa shape index (κ2) is 9.61. The van der Waals surface area contributed by atoms with Crippen molar-refractivity contribution in [2.45, 2.75) is 26.7 Å².